The number of hydrogen-bond donors (Lipinski definition) is 1. The van der Waals surface area contributed by atoms with Gasteiger partial charge in [-0.2, -0.15) is 0 Å². The molecule has 0 saturated heterocycles. The maximum Gasteiger partial charge on any atom is 0.125 e. The van der Waals surface area contributed by atoms with Gasteiger partial charge in [-0.1, -0.05) is 6.07 Å². The van der Waals surface area contributed by atoms with Crippen LogP contribution in [0.15, 0.2) is 18.3 Å². The van der Waals surface area contributed by atoms with Crippen molar-refractivity contribution >= 4 is 17.4 Å². The molecule has 60 valence electrons. The highest BCUT2D eigenvalue weighted by atomic mass is 35.5. The van der Waals surface area contributed by atoms with Gasteiger partial charge in [0, 0.05) is 18.6 Å². The first kappa shape index (κ1) is 8.34. The van der Waals surface area contributed by atoms with Crippen LogP contribution in [0.3, 0.4) is 0 Å². The molecular formula is C8H11ClN2. The van der Waals surface area contributed by atoms with Crippen LogP contribution >= 0.6 is 11.6 Å². The average Bonchev–Trinajstić information content (AvgIpc) is 2.04. The van der Waals surface area contributed by atoms with E-state index in [4.69, 9.17) is 11.6 Å². The number of pyridine rings is 1. The third-order valence-electron chi connectivity index (χ3n) is 1.31. The lowest BCUT2D eigenvalue weighted by Gasteiger charge is -2.01. The molecule has 1 rings (SSSR count). The normalized spacial score (nSPS) is 9.64. The smallest absolute Gasteiger partial charge is 0.125 e. The van der Waals surface area contributed by atoms with Crippen molar-refractivity contribution in [1.29, 1.82) is 0 Å². The van der Waals surface area contributed by atoms with Gasteiger partial charge >= 0.3 is 0 Å². The van der Waals surface area contributed by atoms with Crippen LogP contribution in [0, 0.1) is 6.92 Å². The standard InChI is InChI=1S/C8H11ClN2/c1-7-2-3-8(11-6-7)10-5-4-9/h2-3,6H,4-5H2,1H3,(H,10,11). The third-order valence-corrected chi connectivity index (χ3v) is 1.50. The monoisotopic (exact) mass is 170 g/mol. The number of halogens is 1. The summed E-state index contributed by atoms with van der Waals surface area (Å²) in [6.07, 6.45) is 1.83. The van der Waals surface area contributed by atoms with Crippen LogP contribution in [0.1, 0.15) is 5.56 Å². The summed E-state index contributed by atoms with van der Waals surface area (Å²) in [6, 6.07) is 3.96. The van der Waals surface area contributed by atoms with Gasteiger partial charge in [-0.25, -0.2) is 4.98 Å². The van der Waals surface area contributed by atoms with Crippen LogP contribution in [-0.4, -0.2) is 17.4 Å². The summed E-state index contributed by atoms with van der Waals surface area (Å²) in [5, 5.41) is 3.08. The van der Waals surface area contributed by atoms with Crippen LogP contribution < -0.4 is 5.32 Å². The Hall–Kier alpha value is -0.760. The molecule has 0 atom stereocenters. The topological polar surface area (TPSA) is 24.9 Å². The van der Waals surface area contributed by atoms with E-state index in [-0.39, 0.29) is 0 Å². The molecule has 0 saturated carbocycles. The van der Waals surface area contributed by atoms with E-state index in [1.54, 1.807) is 0 Å². The maximum atomic E-state index is 5.49. The van der Waals surface area contributed by atoms with Gasteiger partial charge in [-0.3, -0.25) is 0 Å². The fraction of sp³-hybridized carbons (Fsp3) is 0.375. The SMILES string of the molecule is Cc1ccc(NCCCl)nc1. The van der Waals surface area contributed by atoms with E-state index in [1.807, 2.05) is 25.3 Å². The van der Waals surface area contributed by atoms with Crippen LogP contribution in [0.25, 0.3) is 0 Å². The number of nitrogens with zero attached hydrogens (tertiary/aromatic N) is 1. The quantitative estimate of drug-likeness (QED) is 0.703. The predicted octanol–water partition coefficient (Wildman–Crippen LogP) is 2.04. The fourth-order valence-electron chi connectivity index (χ4n) is 0.748. The first-order valence-electron chi connectivity index (χ1n) is 3.55. The summed E-state index contributed by atoms with van der Waals surface area (Å²) in [7, 11) is 0. The number of aromatic nitrogens is 1. The number of anilines is 1. The van der Waals surface area contributed by atoms with Crippen LogP contribution in [0.4, 0.5) is 5.82 Å². The molecule has 0 aliphatic rings. The van der Waals surface area contributed by atoms with E-state index in [0.717, 1.165) is 12.4 Å². The number of rotatable bonds is 3. The molecule has 0 unspecified atom stereocenters. The highest BCUT2D eigenvalue weighted by Crippen LogP contribution is 2.02. The molecule has 0 aliphatic carbocycles. The lowest BCUT2D eigenvalue weighted by atomic mass is 10.3. The molecule has 0 radical (unpaired) electrons. The minimum Gasteiger partial charge on any atom is -0.369 e. The molecule has 3 heteroatoms. The van der Waals surface area contributed by atoms with Crippen molar-refractivity contribution in [3.05, 3.63) is 23.9 Å². The highest BCUT2D eigenvalue weighted by molar-refractivity contribution is 6.18. The zero-order chi connectivity index (χ0) is 8.10. The predicted molar refractivity (Wildman–Crippen MR) is 48.2 cm³/mol. The summed E-state index contributed by atoms with van der Waals surface area (Å²) in [5.41, 5.74) is 1.17. The molecule has 0 bridgehead atoms. The van der Waals surface area contributed by atoms with Crippen LogP contribution in [0.2, 0.25) is 0 Å². The second-order valence-corrected chi connectivity index (χ2v) is 2.71. The van der Waals surface area contributed by atoms with Crippen molar-refractivity contribution in [2.24, 2.45) is 0 Å². The Balaban J connectivity index is 2.52. The molecule has 0 amide bonds. The largest absolute Gasteiger partial charge is 0.369 e. The van der Waals surface area contributed by atoms with Crippen molar-refractivity contribution in [3.8, 4) is 0 Å². The first-order chi connectivity index (χ1) is 5.33. The number of nitrogens with one attached hydrogen (secondary N) is 1. The summed E-state index contributed by atoms with van der Waals surface area (Å²) in [6.45, 7) is 2.77. The molecule has 1 N–H and O–H groups in total. The minimum absolute atomic E-state index is 0.607. The Morgan fingerprint density at radius 3 is 2.91 bits per heavy atom. The number of hydrogen-bond acceptors (Lipinski definition) is 2. The summed E-state index contributed by atoms with van der Waals surface area (Å²) in [4.78, 5) is 4.15. The van der Waals surface area contributed by atoms with Crippen LogP contribution in [0.5, 0.6) is 0 Å². The highest BCUT2D eigenvalue weighted by Gasteiger charge is 1.89. The molecule has 0 fully saturated rings. The number of alkyl halides is 1. The van der Waals surface area contributed by atoms with Gasteiger partial charge in [0.1, 0.15) is 5.82 Å². The Morgan fingerprint density at radius 1 is 1.55 bits per heavy atom. The lowest BCUT2D eigenvalue weighted by Crippen LogP contribution is -2.03. The Bertz CT molecular complexity index is 208. The molecular weight excluding hydrogens is 160 g/mol. The van der Waals surface area contributed by atoms with Gasteiger partial charge in [0.25, 0.3) is 0 Å². The Kier molecular flexibility index (Phi) is 3.17. The van der Waals surface area contributed by atoms with Crippen molar-refractivity contribution in [3.63, 3.8) is 0 Å². The van der Waals surface area contributed by atoms with Crippen molar-refractivity contribution in [2.75, 3.05) is 17.7 Å². The van der Waals surface area contributed by atoms with Gasteiger partial charge in [-0.05, 0) is 18.6 Å². The van der Waals surface area contributed by atoms with Crippen molar-refractivity contribution in [1.82, 2.24) is 4.98 Å². The van der Waals surface area contributed by atoms with E-state index >= 15 is 0 Å². The zero-order valence-electron chi connectivity index (χ0n) is 6.47. The molecule has 2 nitrogen and oxygen atoms in total. The van der Waals surface area contributed by atoms with Gasteiger partial charge in [-0.15, -0.1) is 11.6 Å². The Morgan fingerprint density at radius 2 is 2.36 bits per heavy atom. The summed E-state index contributed by atoms with van der Waals surface area (Å²) in [5.74, 6) is 1.49. The minimum atomic E-state index is 0.607. The first-order valence-corrected chi connectivity index (χ1v) is 4.09. The molecule has 11 heavy (non-hydrogen) atoms. The zero-order valence-corrected chi connectivity index (χ0v) is 7.23. The maximum absolute atomic E-state index is 5.49. The van der Waals surface area contributed by atoms with Gasteiger partial charge in [0.05, 0.1) is 0 Å². The van der Waals surface area contributed by atoms with Crippen molar-refractivity contribution in [2.45, 2.75) is 6.92 Å². The lowest BCUT2D eigenvalue weighted by molar-refractivity contribution is 1.15. The molecule has 0 aliphatic heterocycles. The molecule has 1 aromatic heterocycles. The summed E-state index contributed by atoms with van der Waals surface area (Å²) < 4.78 is 0. The molecule has 0 spiro atoms. The Labute approximate surface area is 71.6 Å². The van der Waals surface area contributed by atoms with E-state index < -0.39 is 0 Å². The van der Waals surface area contributed by atoms with Gasteiger partial charge in [0.2, 0.25) is 0 Å². The third kappa shape index (κ3) is 2.76. The average molecular weight is 171 g/mol. The van der Waals surface area contributed by atoms with Gasteiger partial charge in [0.15, 0.2) is 0 Å². The van der Waals surface area contributed by atoms with E-state index in [0.29, 0.717) is 5.88 Å². The van der Waals surface area contributed by atoms with Crippen molar-refractivity contribution < 1.29 is 0 Å². The van der Waals surface area contributed by atoms with E-state index in [1.165, 1.54) is 5.56 Å². The molecule has 1 aromatic rings. The van der Waals surface area contributed by atoms with Crippen LogP contribution in [-0.2, 0) is 0 Å². The number of aryl methyl sites for hydroxylation is 1. The second kappa shape index (κ2) is 4.19. The fourth-order valence-corrected chi connectivity index (χ4v) is 0.842. The second-order valence-electron chi connectivity index (χ2n) is 2.34. The summed E-state index contributed by atoms with van der Waals surface area (Å²) >= 11 is 5.49. The van der Waals surface area contributed by atoms with E-state index in [2.05, 4.69) is 10.3 Å². The van der Waals surface area contributed by atoms with Gasteiger partial charge < -0.3 is 5.32 Å². The van der Waals surface area contributed by atoms with E-state index in [9.17, 15) is 0 Å². The molecule has 1 heterocycles. The molecule has 0 aromatic carbocycles.